The number of hydrogen-bond donors (Lipinski definition) is 1. The number of pyridine rings is 1. The fourth-order valence-electron chi connectivity index (χ4n) is 3.56. The molecule has 0 bridgehead atoms. The molecule has 1 aliphatic carbocycles. The predicted octanol–water partition coefficient (Wildman–Crippen LogP) is 3.65. The first-order valence-electron chi connectivity index (χ1n) is 7.69. The molecule has 0 radical (unpaired) electrons. The van der Waals surface area contributed by atoms with Gasteiger partial charge in [0, 0.05) is 19.3 Å². The summed E-state index contributed by atoms with van der Waals surface area (Å²) in [5, 5.41) is 12.5. The van der Waals surface area contributed by atoms with Crippen molar-refractivity contribution in [1.29, 1.82) is 5.26 Å². The third-order valence-electron chi connectivity index (χ3n) is 4.27. The summed E-state index contributed by atoms with van der Waals surface area (Å²) < 4.78 is 0. The Morgan fingerprint density at radius 2 is 2.15 bits per heavy atom. The molecule has 20 heavy (non-hydrogen) atoms. The molecule has 108 valence electrons. The maximum atomic E-state index is 8.87. The summed E-state index contributed by atoms with van der Waals surface area (Å²) in [6, 6.07) is 5.95. The lowest BCUT2D eigenvalue weighted by molar-refractivity contribution is 0.223. The van der Waals surface area contributed by atoms with E-state index in [2.05, 4.69) is 30.2 Å². The van der Waals surface area contributed by atoms with Crippen LogP contribution in [0.2, 0.25) is 0 Å². The molecule has 0 saturated heterocycles. The lowest BCUT2D eigenvalue weighted by Crippen LogP contribution is -2.33. The molecule has 0 spiro atoms. The van der Waals surface area contributed by atoms with Crippen LogP contribution in [0, 0.1) is 22.7 Å². The van der Waals surface area contributed by atoms with E-state index in [1.165, 1.54) is 32.1 Å². The Hall–Kier alpha value is -1.40. The molecule has 3 heteroatoms. The molecule has 3 nitrogen and oxygen atoms in total. The predicted molar refractivity (Wildman–Crippen MR) is 81.0 cm³/mol. The van der Waals surface area contributed by atoms with Gasteiger partial charge < -0.3 is 5.32 Å². The second kappa shape index (κ2) is 6.85. The normalized spacial score (nSPS) is 17.3. The van der Waals surface area contributed by atoms with Crippen molar-refractivity contribution < 1.29 is 0 Å². The Morgan fingerprint density at radius 3 is 2.80 bits per heavy atom. The van der Waals surface area contributed by atoms with Gasteiger partial charge in [0.2, 0.25) is 0 Å². The lowest BCUT2D eigenvalue weighted by atomic mass is 9.78. The summed E-state index contributed by atoms with van der Waals surface area (Å²) in [6.07, 6.45) is 8.51. The molecule has 1 aliphatic rings. The molecule has 1 saturated carbocycles. The maximum absolute atomic E-state index is 8.87. The van der Waals surface area contributed by atoms with Crippen LogP contribution in [-0.4, -0.2) is 11.5 Å². The zero-order valence-electron chi connectivity index (χ0n) is 12.7. The molecule has 1 heterocycles. The molecule has 0 atom stereocenters. The summed E-state index contributed by atoms with van der Waals surface area (Å²) in [5.41, 5.74) is 2.15. The highest BCUT2D eigenvalue weighted by Crippen LogP contribution is 2.42. The van der Waals surface area contributed by atoms with Crippen LogP contribution in [0.3, 0.4) is 0 Å². The maximum Gasteiger partial charge on any atom is 0.140 e. The zero-order valence-corrected chi connectivity index (χ0v) is 12.7. The van der Waals surface area contributed by atoms with E-state index in [-0.39, 0.29) is 0 Å². The number of nitrogens with one attached hydrogen (secondary N) is 1. The van der Waals surface area contributed by atoms with Crippen molar-refractivity contribution in [1.82, 2.24) is 10.3 Å². The van der Waals surface area contributed by atoms with Gasteiger partial charge in [0.1, 0.15) is 11.8 Å². The van der Waals surface area contributed by atoms with Crippen molar-refractivity contribution in [3.63, 3.8) is 0 Å². The molecular formula is C17H25N3. The Labute approximate surface area is 122 Å². The Morgan fingerprint density at radius 1 is 1.40 bits per heavy atom. The van der Waals surface area contributed by atoms with Crippen LogP contribution in [0.1, 0.15) is 57.2 Å². The Kier molecular flexibility index (Phi) is 5.14. The minimum Gasteiger partial charge on any atom is -0.312 e. The molecule has 2 rings (SSSR count). The van der Waals surface area contributed by atoms with Gasteiger partial charge in [-0.2, -0.15) is 5.26 Å². The summed E-state index contributed by atoms with van der Waals surface area (Å²) in [6.45, 7) is 6.57. The molecule has 0 unspecified atom stereocenters. The van der Waals surface area contributed by atoms with Gasteiger partial charge in [-0.15, -0.1) is 0 Å². The SMILES string of the molecule is CC(C)CC1(CNCc2ccnc(C#N)c2)CCCC1. The van der Waals surface area contributed by atoms with E-state index < -0.39 is 0 Å². The molecule has 0 amide bonds. The van der Waals surface area contributed by atoms with Crippen LogP contribution in [0.5, 0.6) is 0 Å². The van der Waals surface area contributed by atoms with Gasteiger partial charge in [-0.3, -0.25) is 0 Å². The largest absolute Gasteiger partial charge is 0.312 e. The van der Waals surface area contributed by atoms with E-state index in [0.717, 1.165) is 24.6 Å². The van der Waals surface area contributed by atoms with Crippen LogP contribution >= 0.6 is 0 Å². The quantitative estimate of drug-likeness (QED) is 0.859. The first-order chi connectivity index (χ1) is 9.63. The highest BCUT2D eigenvalue weighted by molar-refractivity contribution is 5.25. The van der Waals surface area contributed by atoms with Crippen molar-refractivity contribution in [2.75, 3.05) is 6.54 Å². The molecular weight excluding hydrogens is 246 g/mol. The minimum absolute atomic E-state index is 0.499. The number of aromatic nitrogens is 1. The van der Waals surface area contributed by atoms with Gasteiger partial charge in [0.25, 0.3) is 0 Å². The number of nitrogens with zero attached hydrogens (tertiary/aromatic N) is 2. The topological polar surface area (TPSA) is 48.7 Å². The third-order valence-corrected chi connectivity index (χ3v) is 4.27. The summed E-state index contributed by atoms with van der Waals surface area (Å²) >= 11 is 0. The van der Waals surface area contributed by atoms with Gasteiger partial charge in [-0.05, 0) is 48.3 Å². The van der Waals surface area contributed by atoms with Crippen LogP contribution in [-0.2, 0) is 6.54 Å². The average molecular weight is 271 g/mol. The van der Waals surface area contributed by atoms with Crippen molar-refractivity contribution in [3.8, 4) is 6.07 Å². The fraction of sp³-hybridized carbons (Fsp3) is 0.647. The smallest absolute Gasteiger partial charge is 0.140 e. The van der Waals surface area contributed by atoms with E-state index in [0.29, 0.717) is 11.1 Å². The molecule has 1 N–H and O–H groups in total. The average Bonchev–Trinajstić information content (AvgIpc) is 2.87. The van der Waals surface area contributed by atoms with E-state index in [1.54, 1.807) is 6.20 Å². The number of rotatable bonds is 6. The lowest BCUT2D eigenvalue weighted by Gasteiger charge is -2.31. The van der Waals surface area contributed by atoms with Gasteiger partial charge in [-0.25, -0.2) is 4.98 Å². The van der Waals surface area contributed by atoms with E-state index in [4.69, 9.17) is 5.26 Å². The molecule has 1 aromatic heterocycles. The summed E-state index contributed by atoms with van der Waals surface area (Å²) in [7, 11) is 0. The standard InChI is InChI=1S/C17H25N3/c1-14(2)10-17(6-3-4-7-17)13-19-12-15-5-8-20-16(9-15)11-18/h5,8-9,14,19H,3-4,6-7,10,12-13H2,1-2H3. The summed E-state index contributed by atoms with van der Waals surface area (Å²) in [5.74, 6) is 0.765. The van der Waals surface area contributed by atoms with E-state index >= 15 is 0 Å². The number of hydrogen-bond acceptors (Lipinski definition) is 3. The van der Waals surface area contributed by atoms with Crippen molar-refractivity contribution in [2.45, 2.75) is 52.5 Å². The van der Waals surface area contributed by atoms with Gasteiger partial charge in [0.15, 0.2) is 0 Å². The van der Waals surface area contributed by atoms with Gasteiger partial charge >= 0.3 is 0 Å². The zero-order chi connectivity index (χ0) is 14.4. The van der Waals surface area contributed by atoms with Crippen molar-refractivity contribution in [2.24, 2.45) is 11.3 Å². The second-order valence-corrected chi connectivity index (χ2v) is 6.57. The van der Waals surface area contributed by atoms with E-state index in [1.807, 2.05) is 12.1 Å². The molecule has 1 aromatic rings. The third kappa shape index (κ3) is 4.05. The van der Waals surface area contributed by atoms with Crippen molar-refractivity contribution >= 4 is 0 Å². The van der Waals surface area contributed by atoms with E-state index in [9.17, 15) is 0 Å². The first-order valence-corrected chi connectivity index (χ1v) is 7.69. The molecule has 0 aliphatic heterocycles. The Bertz CT molecular complexity index is 467. The van der Waals surface area contributed by atoms with Crippen LogP contribution in [0.25, 0.3) is 0 Å². The van der Waals surface area contributed by atoms with Crippen LogP contribution < -0.4 is 5.32 Å². The Balaban J connectivity index is 1.88. The monoisotopic (exact) mass is 271 g/mol. The van der Waals surface area contributed by atoms with Crippen molar-refractivity contribution in [3.05, 3.63) is 29.6 Å². The number of nitriles is 1. The summed E-state index contributed by atoms with van der Waals surface area (Å²) in [4.78, 5) is 4.01. The molecule has 1 fully saturated rings. The van der Waals surface area contributed by atoms with Crippen LogP contribution in [0.15, 0.2) is 18.3 Å². The first kappa shape index (κ1) is 15.0. The fourth-order valence-corrected chi connectivity index (χ4v) is 3.56. The highest BCUT2D eigenvalue weighted by atomic mass is 14.9. The highest BCUT2D eigenvalue weighted by Gasteiger charge is 2.33. The van der Waals surface area contributed by atoms with Gasteiger partial charge in [0.05, 0.1) is 0 Å². The van der Waals surface area contributed by atoms with Gasteiger partial charge in [-0.1, -0.05) is 26.7 Å². The molecule has 0 aromatic carbocycles. The second-order valence-electron chi connectivity index (χ2n) is 6.57. The van der Waals surface area contributed by atoms with Crippen LogP contribution in [0.4, 0.5) is 0 Å². The minimum atomic E-state index is 0.499.